The topological polar surface area (TPSA) is 120 Å². The molecule has 21 heavy (non-hydrogen) atoms. The molecule has 6 atom stereocenters. The third-order valence-corrected chi connectivity index (χ3v) is 3.44. The number of benzene rings is 1. The Balaban J connectivity index is 2.12. The zero-order valence-corrected chi connectivity index (χ0v) is 11.5. The third kappa shape index (κ3) is 3.52. The summed E-state index contributed by atoms with van der Waals surface area (Å²) in [5, 5.41) is 47.8. The number of aliphatic hydroxyl groups excluding tert-OH is 5. The van der Waals surface area contributed by atoms with Crippen molar-refractivity contribution in [2.24, 2.45) is 0 Å². The largest absolute Gasteiger partial charge is 0.462 e. The zero-order chi connectivity index (χ0) is 15.6. The number of rotatable bonds is 4. The molecule has 1 aliphatic rings. The van der Waals surface area contributed by atoms with Gasteiger partial charge in [0.05, 0.1) is 12.7 Å². The Kier molecular flexibility index (Phi) is 5.15. The predicted octanol–water partition coefficient (Wildman–Crippen LogP) is -1.08. The van der Waals surface area contributed by atoms with Gasteiger partial charge in [-0.2, -0.15) is 0 Å². The minimum atomic E-state index is -1.49. The van der Waals surface area contributed by atoms with E-state index in [1.54, 1.807) is 31.2 Å². The van der Waals surface area contributed by atoms with Crippen molar-refractivity contribution in [3.8, 4) is 5.75 Å². The van der Waals surface area contributed by atoms with Crippen LogP contribution in [0.3, 0.4) is 0 Å². The summed E-state index contributed by atoms with van der Waals surface area (Å²) >= 11 is 0. The second kappa shape index (κ2) is 6.69. The third-order valence-electron chi connectivity index (χ3n) is 3.44. The highest BCUT2D eigenvalue weighted by Gasteiger charge is 2.44. The van der Waals surface area contributed by atoms with Gasteiger partial charge in [-0.1, -0.05) is 12.1 Å². The van der Waals surface area contributed by atoms with Gasteiger partial charge in [-0.3, -0.25) is 0 Å². The Labute approximate surface area is 122 Å². The maximum atomic E-state index is 9.87. The predicted molar refractivity (Wildman–Crippen MR) is 71.5 cm³/mol. The molecule has 1 aromatic rings. The minimum Gasteiger partial charge on any atom is -0.462 e. The molecule has 2 rings (SSSR count). The number of hydrogen-bond acceptors (Lipinski definition) is 7. The van der Waals surface area contributed by atoms with Crippen molar-refractivity contribution in [1.82, 2.24) is 0 Å². The van der Waals surface area contributed by atoms with Crippen LogP contribution in [-0.4, -0.2) is 62.8 Å². The molecule has 0 aliphatic carbocycles. The van der Waals surface area contributed by atoms with E-state index in [1.807, 2.05) is 0 Å². The fraction of sp³-hybridized carbons (Fsp3) is 0.571. The van der Waals surface area contributed by atoms with Crippen LogP contribution in [-0.2, 0) is 4.74 Å². The molecular formula is C14H20O7. The van der Waals surface area contributed by atoms with Crippen molar-refractivity contribution in [1.29, 1.82) is 0 Å². The molecule has 0 radical (unpaired) electrons. The average molecular weight is 300 g/mol. The lowest BCUT2D eigenvalue weighted by Crippen LogP contribution is -2.60. The quantitative estimate of drug-likeness (QED) is 0.480. The number of hydrogen-bond donors (Lipinski definition) is 5. The van der Waals surface area contributed by atoms with Crippen LogP contribution in [0, 0.1) is 0 Å². The molecule has 1 saturated heterocycles. The van der Waals surface area contributed by atoms with E-state index in [0.29, 0.717) is 11.3 Å². The van der Waals surface area contributed by atoms with Gasteiger partial charge in [0.15, 0.2) is 0 Å². The highest BCUT2D eigenvalue weighted by Crippen LogP contribution is 2.25. The smallest absolute Gasteiger partial charge is 0.229 e. The summed E-state index contributed by atoms with van der Waals surface area (Å²) < 4.78 is 10.7. The Bertz CT molecular complexity index is 462. The Morgan fingerprint density at radius 2 is 1.90 bits per heavy atom. The minimum absolute atomic E-state index is 0.331. The fourth-order valence-electron chi connectivity index (χ4n) is 2.15. The molecule has 118 valence electrons. The van der Waals surface area contributed by atoms with Gasteiger partial charge in [0.2, 0.25) is 6.29 Å². The molecule has 1 unspecified atom stereocenters. The van der Waals surface area contributed by atoms with E-state index in [-0.39, 0.29) is 0 Å². The maximum absolute atomic E-state index is 9.87. The molecule has 0 bridgehead atoms. The van der Waals surface area contributed by atoms with Crippen LogP contribution in [0.2, 0.25) is 0 Å². The van der Waals surface area contributed by atoms with Gasteiger partial charge in [0.25, 0.3) is 0 Å². The van der Waals surface area contributed by atoms with Crippen LogP contribution in [0.5, 0.6) is 5.75 Å². The zero-order valence-electron chi connectivity index (χ0n) is 11.5. The van der Waals surface area contributed by atoms with Gasteiger partial charge in [-0.05, 0) is 24.6 Å². The Morgan fingerprint density at radius 1 is 1.19 bits per heavy atom. The first-order valence-corrected chi connectivity index (χ1v) is 6.69. The lowest BCUT2D eigenvalue weighted by Gasteiger charge is -2.39. The molecular weight excluding hydrogens is 280 g/mol. The van der Waals surface area contributed by atoms with Gasteiger partial charge in [-0.25, -0.2) is 0 Å². The standard InChI is InChI=1S/C14H20O7/c1-7(16)8-3-2-4-9(5-8)20-14-13(19)12(18)11(17)10(6-15)21-14/h2-5,7,10-19H,6H2,1H3/t7?,10-,11-,12+,13-,14-/m1/s1. The van der Waals surface area contributed by atoms with Gasteiger partial charge in [-0.15, -0.1) is 0 Å². The first-order valence-electron chi connectivity index (χ1n) is 6.69. The molecule has 1 fully saturated rings. The summed E-state index contributed by atoms with van der Waals surface area (Å²) in [6, 6.07) is 6.56. The van der Waals surface area contributed by atoms with E-state index in [0.717, 1.165) is 0 Å². The van der Waals surface area contributed by atoms with Crippen LogP contribution >= 0.6 is 0 Å². The van der Waals surface area contributed by atoms with E-state index in [9.17, 15) is 20.4 Å². The molecule has 0 aromatic heterocycles. The molecule has 7 nitrogen and oxygen atoms in total. The fourth-order valence-corrected chi connectivity index (χ4v) is 2.15. The molecule has 0 amide bonds. The monoisotopic (exact) mass is 300 g/mol. The molecule has 1 aliphatic heterocycles. The molecule has 0 saturated carbocycles. The van der Waals surface area contributed by atoms with Crippen LogP contribution in [0.25, 0.3) is 0 Å². The molecule has 1 heterocycles. The van der Waals surface area contributed by atoms with Crippen LogP contribution in [0.15, 0.2) is 24.3 Å². The van der Waals surface area contributed by atoms with Crippen molar-refractivity contribution in [3.05, 3.63) is 29.8 Å². The number of aliphatic hydroxyl groups is 5. The van der Waals surface area contributed by atoms with Crippen molar-refractivity contribution in [2.75, 3.05) is 6.61 Å². The summed E-state index contributed by atoms with van der Waals surface area (Å²) in [7, 11) is 0. The summed E-state index contributed by atoms with van der Waals surface area (Å²) in [5.74, 6) is 0.331. The van der Waals surface area contributed by atoms with E-state index < -0.39 is 43.4 Å². The van der Waals surface area contributed by atoms with Crippen molar-refractivity contribution >= 4 is 0 Å². The SMILES string of the molecule is CC(O)c1cccc(O[C@@H]2O[C@H](CO)[C@@H](O)[C@H](O)[C@H]2O)c1. The van der Waals surface area contributed by atoms with Gasteiger partial charge in [0.1, 0.15) is 30.2 Å². The number of ether oxygens (including phenoxy) is 2. The lowest BCUT2D eigenvalue weighted by atomic mass is 9.99. The lowest BCUT2D eigenvalue weighted by molar-refractivity contribution is -0.277. The molecule has 1 aromatic carbocycles. The van der Waals surface area contributed by atoms with Crippen molar-refractivity contribution in [2.45, 2.75) is 43.7 Å². The Morgan fingerprint density at radius 3 is 2.52 bits per heavy atom. The van der Waals surface area contributed by atoms with Crippen molar-refractivity contribution < 1.29 is 35.0 Å². The van der Waals surface area contributed by atoms with E-state index in [2.05, 4.69) is 0 Å². The first-order chi connectivity index (χ1) is 9.93. The van der Waals surface area contributed by atoms with Crippen LogP contribution < -0.4 is 4.74 Å². The normalized spacial score (nSPS) is 34.5. The molecule has 7 heteroatoms. The second-order valence-corrected chi connectivity index (χ2v) is 5.06. The Hall–Kier alpha value is -1.22. The van der Waals surface area contributed by atoms with E-state index in [1.165, 1.54) is 0 Å². The van der Waals surface area contributed by atoms with E-state index in [4.69, 9.17) is 14.6 Å². The summed E-state index contributed by atoms with van der Waals surface area (Å²) in [4.78, 5) is 0. The molecule has 5 N–H and O–H groups in total. The second-order valence-electron chi connectivity index (χ2n) is 5.06. The summed E-state index contributed by atoms with van der Waals surface area (Å²) in [5.41, 5.74) is 0.622. The summed E-state index contributed by atoms with van der Waals surface area (Å²) in [6.07, 6.45) is -7.30. The van der Waals surface area contributed by atoms with Gasteiger partial charge in [0, 0.05) is 0 Å². The van der Waals surface area contributed by atoms with Crippen LogP contribution in [0.4, 0.5) is 0 Å². The van der Waals surface area contributed by atoms with E-state index >= 15 is 0 Å². The first kappa shape index (κ1) is 16.2. The summed E-state index contributed by atoms with van der Waals surface area (Å²) in [6.45, 7) is 1.09. The maximum Gasteiger partial charge on any atom is 0.229 e. The average Bonchev–Trinajstić information content (AvgIpc) is 2.48. The highest BCUT2D eigenvalue weighted by atomic mass is 16.7. The van der Waals surface area contributed by atoms with Gasteiger partial charge >= 0.3 is 0 Å². The molecule has 0 spiro atoms. The van der Waals surface area contributed by atoms with Crippen LogP contribution in [0.1, 0.15) is 18.6 Å². The highest BCUT2D eigenvalue weighted by molar-refractivity contribution is 5.29. The van der Waals surface area contributed by atoms with Gasteiger partial charge < -0.3 is 35.0 Å². The van der Waals surface area contributed by atoms with Crippen molar-refractivity contribution in [3.63, 3.8) is 0 Å².